The zero-order valence-electron chi connectivity index (χ0n) is 15.4. The minimum atomic E-state index is -0.164. The van der Waals surface area contributed by atoms with Gasteiger partial charge in [0.25, 0.3) is 5.91 Å². The molecule has 0 aliphatic carbocycles. The number of methoxy groups -OCH3 is 1. The lowest BCUT2D eigenvalue weighted by Crippen LogP contribution is -2.25. The second-order valence-corrected chi connectivity index (χ2v) is 7.01. The molecular formula is C20H27N3O2. The SMILES string of the molecule is COCCC(C)(C)CNc1ccc(C(=O)Nc2ccc(C)cc2)cn1. The van der Waals surface area contributed by atoms with Gasteiger partial charge in [-0.05, 0) is 43.0 Å². The van der Waals surface area contributed by atoms with Gasteiger partial charge in [-0.25, -0.2) is 4.98 Å². The Hall–Kier alpha value is -2.40. The van der Waals surface area contributed by atoms with Crippen LogP contribution in [-0.2, 0) is 4.74 Å². The van der Waals surface area contributed by atoms with Crippen molar-refractivity contribution < 1.29 is 9.53 Å². The number of amides is 1. The van der Waals surface area contributed by atoms with Crippen LogP contribution in [0.2, 0.25) is 0 Å². The molecule has 0 aliphatic rings. The highest BCUT2D eigenvalue weighted by molar-refractivity contribution is 6.04. The van der Waals surface area contributed by atoms with Crippen molar-refractivity contribution in [3.63, 3.8) is 0 Å². The van der Waals surface area contributed by atoms with E-state index in [9.17, 15) is 4.79 Å². The highest BCUT2D eigenvalue weighted by Gasteiger charge is 2.17. The lowest BCUT2D eigenvalue weighted by Gasteiger charge is -2.24. The Morgan fingerprint density at radius 3 is 2.48 bits per heavy atom. The highest BCUT2D eigenvalue weighted by atomic mass is 16.5. The molecule has 0 bridgehead atoms. The standard InChI is InChI=1S/C20H27N3O2/c1-15-5-8-17(9-6-15)23-19(24)16-7-10-18(21-13-16)22-14-20(2,3)11-12-25-4/h5-10,13H,11-12,14H2,1-4H3,(H,21,22)(H,23,24). The third kappa shape index (κ3) is 6.19. The zero-order valence-corrected chi connectivity index (χ0v) is 15.4. The normalized spacial score (nSPS) is 11.2. The molecule has 2 aromatic rings. The number of nitrogens with zero attached hydrogens (tertiary/aromatic N) is 1. The van der Waals surface area contributed by atoms with Gasteiger partial charge in [-0.1, -0.05) is 31.5 Å². The molecule has 0 atom stereocenters. The first kappa shape index (κ1) is 18.9. The quantitative estimate of drug-likeness (QED) is 0.758. The molecule has 1 aromatic carbocycles. The number of pyridine rings is 1. The van der Waals surface area contributed by atoms with Crippen molar-refractivity contribution in [1.82, 2.24) is 4.98 Å². The first-order chi connectivity index (χ1) is 11.9. The summed E-state index contributed by atoms with van der Waals surface area (Å²) in [6, 6.07) is 11.3. The van der Waals surface area contributed by atoms with Crippen molar-refractivity contribution in [1.29, 1.82) is 0 Å². The lowest BCUT2D eigenvalue weighted by atomic mass is 9.90. The number of aryl methyl sites for hydroxylation is 1. The molecule has 5 heteroatoms. The average Bonchev–Trinajstić information content (AvgIpc) is 2.61. The van der Waals surface area contributed by atoms with E-state index in [2.05, 4.69) is 29.5 Å². The van der Waals surface area contributed by atoms with Crippen LogP contribution < -0.4 is 10.6 Å². The molecule has 0 saturated carbocycles. The van der Waals surface area contributed by atoms with Crippen LogP contribution in [0.4, 0.5) is 11.5 Å². The van der Waals surface area contributed by atoms with E-state index in [0.717, 1.165) is 36.6 Å². The maximum atomic E-state index is 12.3. The Labute approximate surface area is 149 Å². The molecule has 0 spiro atoms. The number of rotatable bonds is 8. The first-order valence-electron chi connectivity index (χ1n) is 8.46. The number of hydrogen-bond donors (Lipinski definition) is 2. The van der Waals surface area contributed by atoms with E-state index in [1.54, 1.807) is 19.4 Å². The van der Waals surface area contributed by atoms with E-state index in [1.165, 1.54) is 0 Å². The van der Waals surface area contributed by atoms with Gasteiger partial charge < -0.3 is 15.4 Å². The van der Waals surface area contributed by atoms with Crippen molar-refractivity contribution in [2.24, 2.45) is 5.41 Å². The third-order valence-corrected chi connectivity index (χ3v) is 4.07. The van der Waals surface area contributed by atoms with Gasteiger partial charge >= 0.3 is 0 Å². The van der Waals surface area contributed by atoms with E-state index >= 15 is 0 Å². The smallest absolute Gasteiger partial charge is 0.257 e. The predicted octanol–water partition coefficient (Wildman–Crippen LogP) is 4.12. The van der Waals surface area contributed by atoms with Gasteiger partial charge in [-0.3, -0.25) is 4.79 Å². The largest absolute Gasteiger partial charge is 0.385 e. The van der Waals surface area contributed by atoms with Gasteiger partial charge in [0.15, 0.2) is 0 Å². The van der Waals surface area contributed by atoms with Crippen molar-refractivity contribution in [2.45, 2.75) is 27.2 Å². The van der Waals surface area contributed by atoms with Gasteiger partial charge in [-0.2, -0.15) is 0 Å². The number of aromatic nitrogens is 1. The van der Waals surface area contributed by atoms with E-state index in [-0.39, 0.29) is 11.3 Å². The monoisotopic (exact) mass is 341 g/mol. The Balaban J connectivity index is 1.90. The number of nitrogens with one attached hydrogen (secondary N) is 2. The molecule has 2 N–H and O–H groups in total. The van der Waals surface area contributed by atoms with Crippen LogP contribution in [0.3, 0.4) is 0 Å². The Morgan fingerprint density at radius 1 is 1.16 bits per heavy atom. The van der Waals surface area contributed by atoms with Crippen molar-refractivity contribution in [3.8, 4) is 0 Å². The lowest BCUT2D eigenvalue weighted by molar-refractivity contribution is 0.102. The number of benzene rings is 1. The number of ether oxygens (including phenoxy) is 1. The van der Waals surface area contributed by atoms with Gasteiger partial charge in [-0.15, -0.1) is 0 Å². The Kier molecular flexibility index (Phi) is 6.53. The van der Waals surface area contributed by atoms with E-state index in [4.69, 9.17) is 4.74 Å². The number of hydrogen-bond acceptors (Lipinski definition) is 4. The molecule has 0 fully saturated rings. The molecule has 2 rings (SSSR count). The predicted molar refractivity (Wildman–Crippen MR) is 102 cm³/mol. The summed E-state index contributed by atoms with van der Waals surface area (Å²) in [5.74, 6) is 0.598. The van der Waals surface area contributed by atoms with Crippen LogP contribution in [-0.4, -0.2) is 31.2 Å². The molecule has 0 radical (unpaired) electrons. The number of carbonyl (C=O) groups excluding carboxylic acids is 1. The summed E-state index contributed by atoms with van der Waals surface area (Å²) in [6.07, 6.45) is 2.56. The van der Waals surface area contributed by atoms with Gasteiger partial charge in [0.1, 0.15) is 5.82 Å². The second kappa shape index (κ2) is 8.62. The second-order valence-electron chi connectivity index (χ2n) is 7.01. The number of carbonyl (C=O) groups is 1. The summed E-state index contributed by atoms with van der Waals surface area (Å²) in [5.41, 5.74) is 2.57. The average molecular weight is 341 g/mol. The molecule has 1 heterocycles. The molecule has 134 valence electrons. The summed E-state index contributed by atoms with van der Waals surface area (Å²) >= 11 is 0. The Morgan fingerprint density at radius 2 is 1.88 bits per heavy atom. The molecule has 0 aliphatic heterocycles. The summed E-state index contributed by atoms with van der Waals surface area (Å²) in [4.78, 5) is 16.6. The summed E-state index contributed by atoms with van der Waals surface area (Å²) < 4.78 is 5.14. The molecule has 5 nitrogen and oxygen atoms in total. The number of anilines is 2. The fraction of sp³-hybridized carbons (Fsp3) is 0.400. The van der Waals surface area contributed by atoms with E-state index < -0.39 is 0 Å². The summed E-state index contributed by atoms with van der Waals surface area (Å²) in [5, 5.41) is 6.19. The van der Waals surface area contributed by atoms with E-state index in [0.29, 0.717) is 5.56 Å². The van der Waals surface area contributed by atoms with Crippen molar-refractivity contribution >= 4 is 17.4 Å². The maximum Gasteiger partial charge on any atom is 0.257 e. The molecule has 25 heavy (non-hydrogen) atoms. The van der Waals surface area contributed by atoms with Gasteiger partial charge in [0.2, 0.25) is 0 Å². The molecule has 0 saturated heterocycles. The topological polar surface area (TPSA) is 63.2 Å². The summed E-state index contributed by atoms with van der Waals surface area (Å²) in [7, 11) is 1.71. The van der Waals surface area contributed by atoms with Crippen molar-refractivity contribution in [3.05, 3.63) is 53.7 Å². The maximum absolute atomic E-state index is 12.3. The van der Waals surface area contributed by atoms with E-state index in [1.807, 2.05) is 37.3 Å². The van der Waals surface area contributed by atoms with Crippen LogP contribution in [0.1, 0.15) is 36.2 Å². The minimum absolute atomic E-state index is 0.110. The minimum Gasteiger partial charge on any atom is -0.385 e. The summed E-state index contributed by atoms with van der Waals surface area (Å²) in [6.45, 7) is 7.90. The zero-order chi connectivity index (χ0) is 18.3. The van der Waals surface area contributed by atoms with Crippen LogP contribution in [0.25, 0.3) is 0 Å². The molecule has 0 unspecified atom stereocenters. The Bertz CT molecular complexity index is 679. The van der Waals surface area contributed by atoms with Crippen LogP contribution >= 0.6 is 0 Å². The van der Waals surface area contributed by atoms with Crippen molar-refractivity contribution in [2.75, 3.05) is 30.9 Å². The van der Waals surface area contributed by atoms with Crippen LogP contribution in [0, 0.1) is 12.3 Å². The van der Waals surface area contributed by atoms with Gasteiger partial charge in [0.05, 0.1) is 5.56 Å². The fourth-order valence-corrected chi connectivity index (χ4v) is 2.27. The van der Waals surface area contributed by atoms with Crippen LogP contribution in [0.15, 0.2) is 42.6 Å². The first-order valence-corrected chi connectivity index (χ1v) is 8.46. The highest BCUT2D eigenvalue weighted by Crippen LogP contribution is 2.21. The molecule has 1 amide bonds. The third-order valence-electron chi connectivity index (χ3n) is 4.07. The molecular weight excluding hydrogens is 314 g/mol. The van der Waals surface area contributed by atoms with Gasteiger partial charge in [0, 0.05) is 32.1 Å². The molecule has 1 aromatic heterocycles. The van der Waals surface area contributed by atoms with Crippen LogP contribution in [0.5, 0.6) is 0 Å². The fourth-order valence-electron chi connectivity index (χ4n) is 2.27.